The molecular formula is C17H15BClNO3. The Bertz CT molecular complexity index is 801. The monoisotopic (exact) mass is 327 g/mol. The van der Waals surface area contributed by atoms with Crippen LogP contribution in [0.25, 0.3) is 4.85 Å². The first-order valence-corrected chi connectivity index (χ1v) is 7.69. The smallest absolute Gasteiger partial charge is 0.456 e. The fraction of sp³-hybridized carbons (Fsp3) is 0.235. The summed E-state index contributed by atoms with van der Waals surface area (Å²) in [5.74, 6) is 1.27. The third kappa shape index (κ3) is 2.94. The van der Waals surface area contributed by atoms with Crippen LogP contribution >= 0.6 is 11.6 Å². The minimum atomic E-state index is -0.925. The van der Waals surface area contributed by atoms with E-state index in [9.17, 15) is 5.02 Å². The van der Waals surface area contributed by atoms with Crippen molar-refractivity contribution in [1.82, 2.24) is 0 Å². The van der Waals surface area contributed by atoms with Gasteiger partial charge in [0.1, 0.15) is 11.5 Å². The molecule has 2 aromatic rings. The van der Waals surface area contributed by atoms with E-state index < -0.39 is 7.12 Å². The van der Waals surface area contributed by atoms with Crippen molar-refractivity contribution in [3.8, 4) is 11.5 Å². The lowest BCUT2D eigenvalue weighted by Crippen LogP contribution is -2.32. The molecule has 1 N–H and O–H groups in total. The molecule has 116 valence electrons. The number of rotatable bonds is 3. The summed E-state index contributed by atoms with van der Waals surface area (Å²) >= 11 is 6.19. The number of fused-ring (bicyclic) bond motifs is 1. The predicted octanol–water partition coefficient (Wildman–Crippen LogP) is 4.02. The molecule has 0 unspecified atom stereocenters. The minimum absolute atomic E-state index is 0.151. The van der Waals surface area contributed by atoms with Gasteiger partial charge < -0.3 is 14.4 Å². The Balaban J connectivity index is 2.04. The zero-order valence-corrected chi connectivity index (χ0v) is 13.6. The SMILES string of the molecule is [C-]#[N+]c1ccc(Oc2ccc3c(c2C(C)C)B(O)OC3)c(Cl)c1. The highest BCUT2D eigenvalue weighted by molar-refractivity contribution is 6.62. The second-order valence-corrected chi connectivity index (χ2v) is 6.10. The van der Waals surface area contributed by atoms with Crippen LogP contribution in [-0.4, -0.2) is 12.1 Å². The summed E-state index contributed by atoms with van der Waals surface area (Å²) in [6.45, 7) is 11.5. The summed E-state index contributed by atoms with van der Waals surface area (Å²) in [6.07, 6.45) is 0. The summed E-state index contributed by atoms with van der Waals surface area (Å²) in [4.78, 5) is 3.34. The largest absolute Gasteiger partial charge is 0.492 e. The van der Waals surface area contributed by atoms with Gasteiger partial charge in [-0.3, -0.25) is 0 Å². The summed E-state index contributed by atoms with van der Waals surface area (Å²) in [5, 5.41) is 10.5. The highest BCUT2D eigenvalue weighted by Gasteiger charge is 2.33. The average Bonchev–Trinajstić information content (AvgIpc) is 2.90. The van der Waals surface area contributed by atoms with Gasteiger partial charge in [0.2, 0.25) is 0 Å². The third-order valence-electron chi connectivity index (χ3n) is 3.82. The van der Waals surface area contributed by atoms with Crippen LogP contribution in [0.5, 0.6) is 11.5 Å². The van der Waals surface area contributed by atoms with Crippen molar-refractivity contribution in [2.45, 2.75) is 26.4 Å². The molecule has 0 atom stereocenters. The zero-order chi connectivity index (χ0) is 16.6. The second-order valence-electron chi connectivity index (χ2n) is 5.70. The predicted molar refractivity (Wildman–Crippen MR) is 90.7 cm³/mol. The maximum Gasteiger partial charge on any atom is 0.492 e. The Morgan fingerprint density at radius 2 is 2.04 bits per heavy atom. The van der Waals surface area contributed by atoms with Gasteiger partial charge in [-0.15, -0.1) is 0 Å². The quantitative estimate of drug-likeness (QED) is 0.684. The van der Waals surface area contributed by atoms with Gasteiger partial charge in [-0.1, -0.05) is 37.6 Å². The number of halogens is 1. The topological polar surface area (TPSA) is 43.0 Å². The van der Waals surface area contributed by atoms with Crippen LogP contribution in [0, 0.1) is 6.57 Å². The number of nitrogens with zero attached hydrogens (tertiary/aromatic N) is 1. The van der Waals surface area contributed by atoms with Gasteiger partial charge in [-0.05, 0) is 40.7 Å². The molecule has 4 nitrogen and oxygen atoms in total. The summed E-state index contributed by atoms with van der Waals surface area (Å²) in [7, 11) is -0.925. The van der Waals surface area contributed by atoms with Crippen molar-refractivity contribution in [2.24, 2.45) is 0 Å². The molecule has 23 heavy (non-hydrogen) atoms. The lowest BCUT2D eigenvalue weighted by Gasteiger charge is -2.18. The first-order chi connectivity index (χ1) is 11.0. The highest BCUT2D eigenvalue weighted by atomic mass is 35.5. The molecule has 6 heteroatoms. The van der Waals surface area contributed by atoms with Gasteiger partial charge in [0.15, 0.2) is 5.69 Å². The number of hydrogen-bond donors (Lipinski definition) is 1. The lowest BCUT2D eigenvalue weighted by atomic mass is 9.73. The van der Waals surface area contributed by atoms with Crippen LogP contribution in [0.3, 0.4) is 0 Å². The van der Waals surface area contributed by atoms with Crippen LogP contribution in [0.15, 0.2) is 30.3 Å². The second kappa shape index (κ2) is 6.25. The highest BCUT2D eigenvalue weighted by Crippen LogP contribution is 2.36. The van der Waals surface area contributed by atoms with E-state index in [1.54, 1.807) is 18.2 Å². The van der Waals surface area contributed by atoms with Gasteiger partial charge in [0, 0.05) is 0 Å². The summed E-state index contributed by atoms with van der Waals surface area (Å²) in [5.41, 5.74) is 3.14. The summed E-state index contributed by atoms with van der Waals surface area (Å²) < 4.78 is 11.3. The maximum atomic E-state index is 10.1. The Kier molecular flexibility index (Phi) is 4.32. The fourth-order valence-corrected chi connectivity index (χ4v) is 2.99. The average molecular weight is 328 g/mol. The van der Waals surface area contributed by atoms with Gasteiger partial charge in [0.05, 0.1) is 18.2 Å². The van der Waals surface area contributed by atoms with E-state index in [-0.39, 0.29) is 5.92 Å². The van der Waals surface area contributed by atoms with Crippen molar-refractivity contribution in [3.63, 3.8) is 0 Å². The van der Waals surface area contributed by atoms with Crippen molar-refractivity contribution in [3.05, 3.63) is 57.9 Å². The van der Waals surface area contributed by atoms with E-state index in [2.05, 4.69) is 4.85 Å². The van der Waals surface area contributed by atoms with Crippen LogP contribution in [-0.2, 0) is 11.3 Å². The van der Waals surface area contributed by atoms with E-state index in [4.69, 9.17) is 27.6 Å². The van der Waals surface area contributed by atoms with E-state index in [0.29, 0.717) is 28.8 Å². The number of ether oxygens (including phenoxy) is 1. The first-order valence-electron chi connectivity index (χ1n) is 7.31. The molecule has 0 bridgehead atoms. The summed E-state index contributed by atoms with van der Waals surface area (Å²) in [6, 6.07) is 8.68. The maximum absolute atomic E-state index is 10.1. The molecule has 0 amide bonds. The third-order valence-corrected chi connectivity index (χ3v) is 4.12. The molecule has 0 spiro atoms. The fourth-order valence-electron chi connectivity index (χ4n) is 2.78. The van der Waals surface area contributed by atoms with Crippen molar-refractivity contribution in [1.29, 1.82) is 0 Å². The van der Waals surface area contributed by atoms with Crippen LogP contribution in [0.4, 0.5) is 5.69 Å². The molecule has 1 heterocycles. The Morgan fingerprint density at radius 3 is 2.70 bits per heavy atom. The standard InChI is InChI=1S/C17H15BClNO3/c1-10(2)16-15(6-4-11-9-22-18(21)17(11)16)23-14-7-5-12(20-3)8-13(14)19/h4-8,10,21H,9H2,1-2H3. The molecule has 1 aliphatic rings. The molecule has 2 aromatic carbocycles. The molecule has 1 aliphatic heterocycles. The minimum Gasteiger partial charge on any atom is -0.456 e. The van der Waals surface area contributed by atoms with Crippen molar-refractivity contribution >= 4 is 29.9 Å². The van der Waals surface area contributed by atoms with E-state index in [1.807, 2.05) is 26.0 Å². The normalized spacial score (nSPS) is 13.1. The van der Waals surface area contributed by atoms with Crippen LogP contribution < -0.4 is 10.2 Å². The van der Waals surface area contributed by atoms with Crippen LogP contribution in [0.2, 0.25) is 5.02 Å². The van der Waals surface area contributed by atoms with Crippen molar-refractivity contribution in [2.75, 3.05) is 0 Å². The lowest BCUT2D eigenvalue weighted by molar-refractivity contribution is 0.275. The van der Waals surface area contributed by atoms with E-state index >= 15 is 0 Å². The number of benzene rings is 2. The molecule has 0 saturated carbocycles. The molecule has 3 rings (SSSR count). The Morgan fingerprint density at radius 1 is 1.30 bits per heavy atom. The molecule has 0 aromatic heterocycles. The molecule has 0 aliphatic carbocycles. The van der Waals surface area contributed by atoms with E-state index in [0.717, 1.165) is 16.6 Å². The molecular weight excluding hydrogens is 312 g/mol. The van der Waals surface area contributed by atoms with Gasteiger partial charge in [-0.25, -0.2) is 4.85 Å². The van der Waals surface area contributed by atoms with Gasteiger partial charge >= 0.3 is 7.12 Å². The Labute approximate surface area is 140 Å². The van der Waals surface area contributed by atoms with Gasteiger partial charge in [0.25, 0.3) is 0 Å². The molecule has 0 radical (unpaired) electrons. The Hall–Kier alpha value is -2.00. The first kappa shape index (κ1) is 15.9. The number of hydrogen-bond acceptors (Lipinski definition) is 3. The van der Waals surface area contributed by atoms with Crippen molar-refractivity contribution < 1.29 is 14.4 Å². The molecule has 0 fully saturated rings. The van der Waals surface area contributed by atoms with E-state index in [1.165, 1.54) is 0 Å². The van der Waals surface area contributed by atoms with Gasteiger partial charge in [-0.2, -0.15) is 0 Å². The zero-order valence-electron chi connectivity index (χ0n) is 12.8. The molecule has 0 saturated heterocycles. The van der Waals surface area contributed by atoms with Crippen LogP contribution in [0.1, 0.15) is 30.9 Å².